The van der Waals surface area contributed by atoms with E-state index in [1.165, 1.54) is 205 Å². The number of rotatable bonds is 45. The van der Waals surface area contributed by atoms with Crippen LogP contribution in [0.15, 0.2) is 0 Å². The largest absolute Gasteiger partial charge is 0.0654 e. The van der Waals surface area contributed by atoms with Crippen LogP contribution in [0.2, 0.25) is 36.3 Å². The van der Waals surface area contributed by atoms with Crippen molar-refractivity contribution in [3.8, 4) is 0 Å². The topological polar surface area (TPSA) is 0 Å². The van der Waals surface area contributed by atoms with Crippen molar-refractivity contribution < 1.29 is 0 Å². The maximum Gasteiger partial charge on any atom is 0.0479 e. The van der Waals surface area contributed by atoms with Crippen molar-refractivity contribution in [1.82, 2.24) is 0 Å². The molecule has 2 heteroatoms. The minimum Gasteiger partial charge on any atom is -0.0654 e. The van der Waals surface area contributed by atoms with Gasteiger partial charge in [-0.25, -0.2) is 0 Å². The molecule has 0 aliphatic rings. The molecule has 0 atom stereocenters. The maximum absolute atomic E-state index is 2.34. The molecular formula is C48H100Si2. The van der Waals surface area contributed by atoms with Crippen molar-refractivity contribution in [2.75, 3.05) is 0 Å². The lowest BCUT2D eigenvalue weighted by atomic mass is 10.1. The summed E-state index contributed by atoms with van der Waals surface area (Å²) in [6.45, 7) is 9.35. The van der Waals surface area contributed by atoms with Gasteiger partial charge in [0.2, 0.25) is 0 Å². The minimum atomic E-state index is -0.0887. The van der Waals surface area contributed by atoms with Gasteiger partial charge >= 0.3 is 0 Å². The first-order valence-electron chi connectivity index (χ1n) is 24.4. The molecule has 0 aromatic rings. The molecule has 300 valence electrons. The SMILES string of the molecule is CCCCCCCCCC[Si](CCCCCCCCCC)CCCCCCCC[Si](CCCCCCCCCC)CCCCCCCCCC. The van der Waals surface area contributed by atoms with Crippen molar-refractivity contribution in [3.63, 3.8) is 0 Å². The van der Waals surface area contributed by atoms with E-state index in [0.717, 1.165) is 0 Å². The Labute approximate surface area is 324 Å². The van der Waals surface area contributed by atoms with E-state index in [2.05, 4.69) is 27.7 Å². The third kappa shape index (κ3) is 41.2. The Kier molecular flexibility index (Phi) is 46.0. The van der Waals surface area contributed by atoms with Gasteiger partial charge in [-0.15, -0.1) is 0 Å². The number of hydrogen-bond acceptors (Lipinski definition) is 0. The van der Waals surface area contributed by atoms with Gasteiger partial charge in [0.1, 0.15) is 0 Å². The Balaban J connectivity index is 4.27. The second-order valence-corrected chi connectivity index (χ2v) is 23.0. The fraction of sp³-hybridized carbons (Fsp3) is 1.00. The molecule has 0 nitrogen and oxygen atoms in total. The average molecular weight is 733 g/mol. The average Bonchev–Trinajstić information content (AvgIpc) is 3.13. The third-order valence-corrected chi connectivity index (χ3v) is 18.2. The fourth-order valence-electron chi connectivity index (χ4n) is 8.24. The Hall–Kier alpha value is 0.434. The highest BCUT2D eigenvalue weighted by Gasteiger charge is 2.12. The smallest absolute Gasteiger partial charge is 0.0479 e. The van der Waals surface area contributed by atoms with E-state index in [9.17, 15) is 0 Å². The summed E-state index contributed by atoms with van der Waals surface area (Å²) < 4.78 is 0. The molecule has 2 radical (unpaired) electrons. The molecule has 0 aliphatic heterocycles. The van der Waals surface area contributed by atoms with Crippen LogP contribution in [0.3, 0.4) is 0 Å². The van der Waals surface area contributed by atoms with E-state index in [-0.39, 0.29) is 17.6 Å². The lowest BCUT2D eigenvalue weighted by Crippen LogP contribution is -2.12. The molecule has 0 bridgehead atoms. The fourth-order valence-corrected chi connectivity index (χ4v) is 14.2. The second-order valence-electron chi connectivity index (χ2n) is 17.0. The van der Waals surface area contributed by atoms with Gasteiger partial charge in [-0.2, -0.15) is 0 Å². The van der Waals surface area contributed by atoms with Crippen LogP contribution in [0, 0.1) is 0 Å². The molecular weight excluding hydrogens is 633 g/mol. The monoisotopic (exact) mass is 733 g/mol. The van der Waals surface area contributed by atoms with Gasteiger partial charge in [-0.05, 0) is 0 Å². The van der Waals surface area contributed by atoms with Crippen molar-refractivity contribution in [2.24, 2.45) is 0 Å². The molecule has 0 saturated heterocycles. The predicted octanol–water partition coefficient (Wildman–Crippen LogP) is 18.9. The molecule has 0 spiro atoms. The van der Waals surface area contributed by atoms with Gasteiger partial charge in [0.15, 0.2) is 0 Å². The van der Waals surface area contributed by atoms with Gasteiger partial charge in [0.25, 0.3) is 0 Å². The summed E-state index contributed by atoms with van der Waals surface area (Å²) in [6, 6.07) is 9.83. The number of unbranched alkanes of at least 4 members (excludes halogenated alkanes) is 33. The normalized spacial score (nSPS) is 11.9. The van der Waals surface area contributed by atoms with Crippen molar-refractivity contribution in [3.05, 3.63) is 0 Å². The van der Waals surface area contributed by atoms with Crippen LogP contribution in [-0.4, -0.2) is 17.6 Å². The summed E-state index contributed by atoms with van der Waals surface area (Å²) in [5, 5.41) is 0. The molecule has 0 unspecified atom stereocenters. The quantitative estimate of drug-likeness (QED) is 0.0432. The van der Waals surface area contributed by atoms with E-state index in [4.69, 9.17) is 0 Å². The molecule has 0 aromatic heterocycles. The summed E-state index contributed by atoms with van der Waals surface area (Å²) in [5.74, 6) is 0. The van der Waals surface area contributed by atoms with Gasteiger partial charge in [0, 0.05) is 17.6 Å². The highest BCUT2D eigenvalue weighted by molar-refractivity contribution is 6.59. The molecule has 0 heterocycles. The third-order valence-electron chi connectivity index (χ3n) is 11.8. The van der Waals surface area contributed by atoms with Crippen LogP contribution >= 0.6 is 0 Å². The first-order chi connectivity index (χ1) is 24.8. The summed E-state index contributed by atoms with van der Waals surface area (Å²) in [6.07, 6.45) is 56.8. The first-order valence-corrected chi connectivity index (χ1v) is 28.7. The highest BCUT2D eigenvalue weighted by Crippen LogP contribution is 2.23. The predicted molar refractivity (Wildman–Crippen MR) is 238 cm³/mol. The summed E-state index contributed by atoms with van der Waals surface area (Å²) in [5.41, 5.74) is 0. The van der Waals surface area contributed by atoms with Gasteiger partial charge < -0.3 is 0 Å². The Morgan fingerprint density at radius 1 is 0.160 bits per heavy atom. The zero-order chi connectivity index (χ0) is 36.3. The van der Waals surface area contributed by atoms with E-state index in [1.807, 2.05) is 0 Å². The number of hydrogen-bond donors (Lipinski definition) is 0. The molecule has 0 aromatic carbocycles. The maximum atomic E-state index is 2.34. The zero-order valence-electron chi connectivity index (χ0n) is 36.1. The van der Waals surface area contributed by atoms with Crippen LogP contribution in [0.4, 0.5) is 0 Å². The van der Waals surface area contributed by atoms with E-state index >= 15 is 0 Å². The van der Waals surface area contributed by atoms with Crippen LogP contribution in [-0.2, 0) is 0 Å². The van der Waals surface area contributed by atoms with Gasteiger partial charge in [-0.3, -0.25) is 0 Å². The lowest BCUT2D eigenvalue weighted by Gasteiger charge is -2.16. The minimum absolute atomic E-state index is 0.0887. The zero-order valence-corrected chi connectivity index (χ0v) is 38.1. The molecule has 50 heavy (non-hydrogen) atoms. The van der Waals surface area contributed by atoms with E-state index in [0.29, 0.717) is 0 Å². The van der Waals surface area contributed by atoms with Crippen LogP contribution < -0.4 is 0 Å². The van der Waals surface area contributed by atoms with Crippen LogP contribution in [0.25, 0.3) is 0 Å². The van der Waals surface area contributed by atoms with Crippen molar-refractivity contribution in [2.45, 2.75) is 308 Å². The molecule has 0 N–H and O–H groups in total. The van der Waals surface area contributed by atoms with Gasteiger partial charge in [-0.1, -0.05) is 308 Å². The summed E-state index contributed by atoms with van der Waals surface area (Å²) in [4.78, 5) is 0. The summed E-state index contributed by atoms with van der Waals surface area (Å²) in [7, 11) is -0.177. The van der Waals surface area contributed by atoms with Crippen LogP contribution in [0.1, 0.15) is 272 Å². The molecule has 0 amide bonds. The summed E-state index contributed by atoms with van der Waals surface area (Å²) >= 11 is 0. The van der Waals surface area contributed by atoms with Crippen LogP contribution in [0.5, 0.6) is 0 Å². The van der Waals surface area contributed by atoms with Crippen molar-refractivity contribution in [1.29, 1.82) is 0 Å². The van der Waals surface area contributed by atoms with Crippen molar-refractivity contribution >= 4 is 17.6 Å². The van der Waals surface area contributed by atoms with E-state index in [1.54, 1.807) is 74.8 Å². The molecule has 0 saturated carbocycles. The molecule has 0 rings (SSSR count). The lowest BCUT2D eigenvalue weighted by molar-refractivity contribution is 0.579. The second kappa shape index (κ2) is 45.6. The van der Waals surface area contributed by atoms with E-state index < -0.39 is 0 Å². The highest BCUT2D eigenvalue weighted by atomic mass is 28.3. The first kappa shape index (κ1) is 50.4. The molecule has 0 fully saturated rings. The Bertz CT molecular complexity index is 487. The Morgan fingerprint density at radius 3 is 0.420 bits per heavy atom. The molecule has 0 aliphatic carbocycles. The van der Waals surface area contributed by atoms with Gasteiger partial charge in [0.05, 0.1) is 0 Å². The standard InChI is InChI=1S/C48H100Si2/c1-5-9-13-17-21-25-31-37-43-49(44-38-32-26-22-18-14-10-6-2)47-41-35-29-30-36-42-48-50(45-39-33-27-23-19-15-11-7-3)46-40-34-28-24-20-16-12-8-4/h5-48H2,1-4H3. The Morgan fingerprint density at radius 2 is 0.280 bits per heavy atom.